The molecule has 0 bridgehead atoms. The van der Waals surface area contributed by atoms with E-state index in [0.29, 0.717) is 5.92 Å². The van der Waals surface area contributed by atoms with Gasteiger partial charge in [-0.3, -0.25) is 0 Å². The topological polar surface area (TPSA) is 21.3 Å². The highest BCUT2D eigenvalue weighted by Crippen LogP contribution is 2.52. The summed E-state index contributed by atoms with van der Waals surface area (Å²) in [6.07, 6.45) is 1.07. The van der Waals surface area contributed by atoms with Crippen LogP contribution in [0.5, 0.6) is 0 Å². The van der Waals surface area contributed by atoms with Crippen LogP contribution in [0, 0.1) is 11.7 Å². The molecule has 0 aromatic heterocycles. The maximum absolute atomic E-state index is 13.4. The average molecular weight is 369 g/mol. The van der Waals surface area contributed by atoms with Crippen LogP contribution < -0.4 is 5.32 Å². The number of anilines is 1. The van der Waals surface area contributed by atoms with Gasteiger partial charge in [0, 0.05) is 23.8 Å². The SMILES string of the molecule is Fc1ccc([C@@H]2Nc3ccc4cc5ccccc5cc4c3[C@H]3OCC[C@H]32)cc1. The Morgan fingerprint density at radius 2 is 1.64 bits per heavy atom. The molecule has 1 N–H and O–H groups in total. The first-order valence-corrected chi connectivity index (χ1v) is 9.87. The van der Waals surface area contributed by atoms with E-state index in [2.05, 4.69) is 53.8 Å². The van der Waals surface area contributed by atoms with Gasteiger partial charge < -0.3 is 10.1 Å². The third-order valence-corrected chi connectivity index (χ3v) is 6.32. The zero-order valence-corrected chi connectivity index (χ0v) is 15.4. The van der Waals surface area contributed by atoms with Crippen LogP contribution in [0.4, 0.5) is 10.1 Å². The molecule has 0 unspecified atom stereocenters. The van der Waals surface area contributed by atoms with Crippen molar-refractivity contribution in [3.05, 3.63) is 89.7 Å². The Balaban J connectivity index is 1.55. The number of halogens is 1. The van der Waals surface area contributed by atoms with Crippen LogP contribution in [0.15, 0.2) is 72.8 Å². The number of nitrogens with one attached hydrogen (secondary N) is 1. The fraction of sp³-hybridized carbons (Fsp3) is 0.200. The first-order valence-electron chi connectivity index (χ1n) is 9.87. The molecule has 1 saturated heterocycles. The van der Waals surface area contributed by atoms with Crippen molar-refractivity contribution in [2.24, 2.45) is 5.92 Å². The third kappa shape index (κ3) is 2.36. The van der Waals surface area contributed by atoms with E-state index >= 15 is 0 Å². The molecular formula is C25H20FNO. The summed E-state index contributed by atoms with van der Waals surface area (Å²) in [5, 5.41) is 8.75. The predicted octanol–water partition coefficient (Wildman–Crippen LogP) is 6.38. The monoisotopic (exact) mass is 369 g/mol. The minimum absolute atomic E-state index is 0.0659. The second-order valence-electron chi connectivity index (χ2n) is 7.86. The number of hydrogen-bond donors (Lipinski definition) is 1. The second kappa shape index (κ2) is 6.05. The molecule has 3 heteroatoms. The second-order valence-corrected chi connectivity index (χ2v) is 7.86. The van der Waals surface area contributed by atoms with Gasteiger partial charge in [0.15, 0.2) is 0 Å². The molecule has 138 valence electrons. The van der Waals surface area contributed by atoms with Gasteiger partial charge in [-0.2, -0.15) is 0 Å². The molecule has 2 heterocycles. The summed E-state index contributed by atoms with van der Waals surface area (Å²) in [4.78, 5) is 0. The molecule has 0 spiro atoms. The molecule has 0 amide bonds. The van der Waals surface area contributed by atoms with E-state index in [0.717, 1.165) is 24.3 Å². The van der Waals surface area contributed by atoms with Crippen molar-refractivity contribution in [1.29, 1.82) is 0 Å². The summed E-state index contributed by atoms with van der Waals surface area (Å²) in [6.45, 7) is 0.762. The van der Waals surface area contributed by atoms with Crippen LogP contribution in [0.1, 0.15) is 29.7 Å². The maximum atomic E-state index is 13.4. The lowest BCUT2D eigenvalue weighted by Crippen LogP contribution is -2.29. The number of hydrogen-bond acceptors (Lipinski definition) is 2. The molecule has 0 radical (unpaired) electrons. The third-order valence-electron chi connectivity index (χ3n) is 6.32. The van der Waals surface area contributed by atoms with Gasteiger partial charge in [-0.05, 0) is 63.9 Å². The van der Waals surface area contributed by atoms with E-state index in [1.54, 1.807) is 12.1 Å². The van der Waals surface area contributed by atoms with Crippen LogP contribution in [0.2, 0.25) is 0 Å². The first kappa shape index (κ1) is 16.1. The summed E-state index contributed by atoms with van der Waals surface area (Å²) >= 11 is 0. The lowest BCUT2D eigenvalue weighted by atomic mass is 9.79. The highest BCUT2D eigenvalue weighted by molar-refractivity contribution is 6.01. The molecule has 2 aliphatic rings. The maximum Gasteiger partial charge on any atom is 0.123 e. The molecule has 4 aromatic rings. The molecule has 6 rings (SSSR count). The van der Waals surface area contributed by atoms with Gasteiger partial charge >= 0.3 is 0 Å². The Labute approximate surface area is 162 Å². The Morgan fingerprint density at radius 3 is 2.46 bits per heavy atom. The van der Waals surface area contributed by atoms with Crippen molar-refractivity contribution in [3.8, 4) is 0 Å². The highest BCUT2D eigenvalue weighted by Gasteiger charge is 2.42. The molecule has 1 fully saturated rings. The van der Waals surface area contributed by atoms with E-state index in [9.17, 15) is 4.39 Å². The molecule has 3 atom stereocenters. The molecule has 2 aliphatic heterocycles. The lowest BCUT2D eigenvalue weighted by molar-refractivity contribution is 0.0841. The van der Waals surface area contributed by atoms with Crippen molar-refractivity contribution in [1.82, 2.24) is 0 Å². The van der Waals surface area contributed by atoms with Crippen LogP contribution >= 0.6 is 0 Å². The van der Waals surface area contributed by atoms with Gasteiger partial charge in [-0.15, -0.1) is 0 Å². The van der Waals surface area contributed by atoms with Gasteiger partial charge in [-0.1, -0.05) is 42.5 Å². The van der Waals surface area contributed by atoms with Crippen molar-refractivity contribution in [2.75, 3.05) is 11.9 Å². The quantitative estimate of drug-likeness (QED) is 0.393. The smallest absolute Gasteiger partial charge is 0.123 e. The fourth-order valence-corrected chi connectivity index (χ4v) is 4.99. The van der Waals surface area contributed by atoms with Crippen molar-refractivity contribution < 1.29 is 9.13 Å². The minimum atomic E-state index is -0.197. The van der Waals surface area contributed by atoms with E-state index in [1.807, 2.05) is 12.1 Å². The fourth-order valence-electron chi connectivity index (χ4n) is 4.99. The average Bonchev–Trinajstić information content (AvgIpc) is 3.22. The Bertz CT molecular complexity index is 1200. The summed E-state index contributed by atoms with van der Waals surface area (Å²) in [6, 6.07) is 24.4. The minimum Gasteiger partial charge on any atom is -0.378 e. The van der Waals surface area contributed by atoms with Gasteiger partial charge in [0.1, 0.15) is 5.82 Å². The van der Waals surface area contributed by atoms with Crippen molar-refractivity contribution in [2.45, 2.75) is 18.6 Å². The predicted molar refractivity (Wildman–Crippen MR) is 111 cm³/mol. The molecule has 28 heavy (non-hydrogen) atoms. The van der Waals surface area contributed by atoms with Gasteiger partial charge in [0.25, 0.3) is 0 Å². The van der Waals surface area contributed by atoms with E-state index in [1.165, 1.54) is 27.1 Å². The van der Waals surface area contributed by atoms with Crippen molar-refractivity contribution >= 4 is 27.2 Å². The molecule has 2 nitrogen and oxygen atoms in total. The van der Waals surface area contributed by atoms with E-state index in [4.69, 9.17) is 4.74 Å². The number of ether oxygens (including phenoxy) is 1. The van der Waals surface area contributed by atoms with Crippen LogP contribution in [-0.2, 0) is 4.74 Å². The van der Waals surface area contributed by atoms with Gasteiger partial charge in [0.05, 0.1) is 12.1 Å². The Morgan fingerprint density at radius 1 is 0.857 bits per heavy atom. The van der Waals surface area contributed by atoms with Crippen molar-refractivity contribution in [3.63, 3.8) is 0 Å². The number of benzene rings is 4. The van der Waals surface area contributed by atoms with Crippen LogP contribution in [0.25, 0.3) is 21.5 Å². The summed E-state index contributed by atoms with van der Waals surface area (Å²) in [7, 11) is 0. The summed E-state index contributed by atoms with van der Waals surface area (Å²) in [5.41, 5.74) is 3.51. The first-order chi connectivity index (χ1) is 13.8. The summed E-state index contributed by atoms with van der Waals surface area (Å²) < 4.78 is 19.7. The number of rotatable bonds is 1. The van der Waals surface area contributed by atoms with Crippen LogP contribution in [-0.4, -0.2) is 6.61 Å². The van der Waals surface area contributed by atoms with E-state index in [-0.39, 0.29) is 18.0 Å². The Kier molecular flexibility index (Phi) is 3.47. The van der Waals surface area contributed by atoms with Gasteiger partial charge in [-0.25, -0.2) is 4.39 Å². The number of fused-ring (bicyclic) bond motifs is 6. The van der Waals surface area contributed by atoms with Gasteiger partial charge in [0.2, 0.25) is 0 Å². The highest BCUT2D eigenvalue weighted by atomic mass is 19.1. The standard InChI is InChI=1S/C25H20FNO/c26-19-8-5-15(6-9-19)24-20-11-12-28-25(20)23-21-14-17-4-2-1-3-16(17)13-18(21)7-10-22(23)27-24/h1-10,13-14,20,24-25,27H,11-12H2/t20-,24-,25-/m0/s1. The largest absolute Gasteiger partial charge is 0.378 e. The summed E-state index contributed by atoms with van der Waals surface area (Å²) in [5.74, 6) is 0.145. The lowest BCUT2D eigenvalue weighted by Gasteiger charge is -2.37. The van der Waals surface area contributed by atoms with E-state index < -0.39 is 0 Å². The zero-order valence-electron chi connectivity index (χ0n) is 15.4. The molecule has 4 aromatic carbocycles. The van der Waals surface area contributed by atoms with Crippen LogP contribution in [0.3, 0.4) is 0 Å². The Hall–Kier alpha value is -2.91. The molecule has 0 aliphatic carbocycles. The molecular weight excluding hydrogens is 349 g/mol. The zero-order chi connectivity index (χ0) is 18.7. The molecule has 0 saturated carbocycles. The normalized spacial score (nSPS) is 23.4.